The lowest BCUT2D eigenvalue weighted by Crippen LogP contribution is -1.74. The minimum atomic E-state index is 0. The smallest absolute Gasteiger partial charge is 0.0466 e. The molecule has 0 aromatic rings. The summed E-state index contributed by atoms with van der Waals surface area (Å²) in [6.07, 6.45) is 2.56. The van der Waals surface area contributed by atoms with Gasteiger partial charge in [-0.2, -0.15) is 0 Å². The normalized spacial score (nSPS) is 15.0. The van der Waals surface area contributed by atoms with E-state index in [1.54, 1.807) is 0 Å². The van der Waals surface area contributed by atoms with Gasteiger partial charge in [0.15, 0.2) is 0 Å². The molecule has 4 heteroatoms. The average Bonchev–Trinajstić information content (AvgIpc) is 1.76. The highest BCUT2D eigenvalue weighted by molar-refractivity contribution is 4.43. The molecule has 0 radical (unpaired) electrons. The zero-order valence-corrected chi connectivity index (χ0v) is 4.74. The average molecular weight is 126 g/mol. The molecular weight excluding hydrogens is 112 g/mol. The van der Waals surface area contributed by atoms with Gasteiger partial charge in [0.05, 0.1) is 0 Å². The van der Waals surface area contributed by atoms with Crippen LogP contribution < -0.4 is 0 Å². The standard InChI is InChI=1S/C4H8O.3H2O/c1-2-4-5-3-1;;;/h1-4H2;3*1H2. The summed E-state index contributed by atoms with van der Waals surface area (Å²) in [5.74, 6) is 0. The van der Waals surface area contributed by atoms with Crippen LogP contribution in [-0.4, -0.2) is 29.6 Å². The Morgan fingerprint density at radius 2 is 1.12 bits per heavy atom. The van der Waals surface area contributed by atoms with Gasteiger partial charge < -0.3 is 21.2 Å². The molecule has 0 aromatic carbocycles. The van der Waals surface area contributed by atoms with E-state index in [9.17, 15) is 0 Å². The van der Waals surface area contributed by atoms with Gasteiger partial charge >= 0.3 is 0 Å². The van der Waals surface area contributed by atoms with Gasteiger partial charge in [0.25, 0.3) is 0 Å². The maximum absolute atomic E-state index is 4.94. The van der Waals surface area contributed by atoms with Crippen LogP contribution in [0.3, 0.4) is 0 Å². The maximum Gasteiger partial charge on any atom is 0.0466 e. The highest BCUT2D eigenvalue weighted by Crippen LogP contribution is 1.98. The zero-order chi connectivity index (χ0) is 3.54. The van der Waals surface area contributed by atoms with Crippen molar-refractivity contribution >= 4 is 0 Å². The Balaban J connectivity index is -0.0000000833. The van der Waals surface area contributed by atoms with Crippen molar-refractivity contribution < 1.29 is 21.2 Å². The van der Waals surface area contributed by atoms with E-state index in [2.05, 4.69) is 0 Å². The summed E-state index contributed by atoms with van der Waals surface area (Å²) < 4.78 is 4.94. The summed E-state index contributed by atoms with van der Waals surface area (Å²) in [4.78, 5) is 0. The van der Waals surface area contributed by atoms with Gasteiger partial charge in [-0.1, -0.05) is 0 Å². The Hall–Kier alpha value is -0.160. The molecule has 6 N–H and O–H groups in total. The second-order valence-electron chi connectivity index (χ2n) is 1.32. The minimum absolute atomic E-state index is 0. The largest absolute Gasteiger partial charge is 0.412 e. The molecular formula is C4H14O4. The number of rotatable bonds is 0. The molecule has 0 bridgehead atoms. The molecule has 0 spiro atoms. The van der Waals surface area contributed by atoms with Gasteiger partial charge in [0, 0.05) is 13.2 Å². The number of hydrogen-bond acceptors (Lipinski definition) is 1. The van der Waals surface area contributed by atoms with Gasteiger partial charge in [-0.25, -0.2) is 0 Å². The molecule has 4 nitrogen and oxygen atoms in total. The maximum atomic E-state index is 4.94. The molecule has 1 saturated heterocycles. The van der Waals surface area contributed by atoms with Crippen molar-refractivity contribution in [3.8, 4) is 0 Å². The van der Waals surface area contributed by atoms with Crippen LogP contribution >= 0.6 is 0 Å². The van der Waals surface area contributed by atoms with E-state index < -0.39 is 0 Å². The summed E-state index contributed by atoms with van der Waals surface area (Å²) in [7, 11) is 0. The van der Waals surface area contributed by atoms with Crippen LogP contribution in [0.5, 0.6) is 0 Å². The Morgan fingerprint density at radius 1 is 0.750 bits per heavy atom. The summed E-state index contributed by atoms with van der Waals surface area (Å²) in [5.41, 5.74) is 0. The van der Waals surface area contributed by atoms with Gasteiger partial charge in [-0.15, -0.1) is 0 Å². The molecule has 1 aliphatic rings. The highest BCUT2D eigenvalue weighted by Gasteiger charge is 1.94. The third-order valence-electron chi connectivity index (χ3n) is 0.827. The Labute approximate surface area is 48.4 Å². The van der Waals surface area contributed by atoms with Crippen molar-refractivity contribution in [1.82, 2.24) is 0 Å². The van der Waals surface area contributed by atoms with Crippen molar-refractivity contribution in [3.05, 3.63) is 0 Å². The number of ether oxygens (including phenoxy) is 1. The lowest BCUT2D eigenvalue weighted by molar-refractivity contribution is 0.198. The monoisotopic (exact) mass is 126 g/mol. The van der Waals surface area contributed by atoms with Crippen molar-refractivity contribution in [2.45, 2.75) is 12.8 Å². The van der Waals surface area contributed by atoms with E-state index in [0.29, 0.717) is 0 Å². The van der Waals surface area contributed by atoms with Crippen molar-refractivity contribution in [2.24, 2.45) is 0 Å². The Bertz CT molecular complexity index is 19.6. The third kappa shape index (κ3) is 5.84. The fourth-order valence-corrected chi connectivity index (χ4v) is 0.510. The first-order valence-corrected chi connectivity index (χ1v) is 2.08. The van der Waals surface area contributed by atoms with Crippen LogP contribution in [-0.2, 0) is 4.74 Å². The van der Waals surface area contributed by atoms with Crippen LogP contribution in [0.2, 0.25) is 0 Å². The predicted octanol–water partition coefficient (Wildman–Crippen LogP) is -1.68. The van der Waals surface area contributed by atoms with Crippen LogP contribution in [0.4, 0.5) is 0 Å². The second kappa shape index (κ2) is 9.96. The summed E-state index contributed by atoms with van der Waals surface area (Å²) in [6, 6.07) is 0. The lowest BCUT2D eigenvalue weighted by atomic mass is 10.4. The highest BCUT2D eigenvalue weighted by atomic mass is 16.5. The van der Waals surface area contributed by atoms with E-state index >= 15 is 0 Å². The van der Waals surface area contributed by atoms with E-state index in [1.165, 1.54) is 12.8 Å². The Morgan fingerprint density at radius 3 is 1.25 bits per heavy atom. The topological polar surface area (TPSA) is 104 Å². The van der Waals surface area contributed by atoms with E-state index in [-0.39, 0.29) is 16.4 Å². The van der Waals surface area contributed by atoms with E-state index in [4.69, 9.17) is 4.74 Å². The summed E-state index contributed by atoms with van der Waals surface area (Å²) in [5, 5.41) is 0. The first-order chi connectivity index (χ1) is 2.50. The molecule has 54 valence electrons. The molecule has 0 saturated carbocycles. The van der Waals surface area contributed by atoms with Crippen molar-refractivity contribution in [2.75, 3.05) is 13.2 Å². The molecule has 1 heterocycles. The molecule has 0 atom stereocenters. The zero-order valence-electron chi connectivity index (χ0n) is 4.74. The van der Waals surface area contributed by atoms with E-state index in [1.807, 2.05) is 0 Å². The summed E-state index contributed by atoms with van der Waals surface area (Å²) >= 11 is 0. The first-order valence-electron chi connectivity index (χ1n) is 2.08. The van der Waals surface area contributed by atoms with Crippen LogP contribution in [0.1, 0.15) is 12.8 Å². The fraction of sp³-hybridized carbons (Fsp3) is 1.00. The first kappa shape index (κ1) is 15.7. The van der Waals surface area contributed by atoms with Crippen LogP contribution in [0, 0.1) is 0 Å². The van der Waals surface area contributed by atoms with Crippen LogP contribution in [0.25, 0.3) is 0 Å². The molecule has 1 rings (SSSR count). The number of hydrogen-bond donors (Lipinski definition) is 0. The third-order valence-corrected chi connectivity index (χ3v) is 0.827. The molecule has 8 heavy (non-hydrogen) atoms. The minimum Gasteiger partial charge on any atom is -0.412 e. The van der Waals surface area contributed by atoms with Gasteiger partial charge in [-0.05, 0) is 12.8 Å². The molecule has 1 aliphatic heterocycles. The lowest BCUT2D eigenvalue weighted by Gasteiger charge is -1.76. The summed E-state index contributed by atoms with van der Waals surface area (Å²) in [6.45, 7) is 2.00. The molecule has 0 aliphatic carbocycles. The Kier molecular flexibility index (Phi) is 19.5. The molecule has 0 amide bonds. The quantitative estimate of drug-likeness (QED) is 0.380. The van der Waals surface area contributed by atoms with Gasteiger partial charge in [0.1, 0.15) is 0 Å². The SMILES string of the molecule is C1CCOC1.O.O.O. The van der Waals surface area contributed by atoms with E-state index in [0.717, 1.165) is 13.2 Å². The van der Waals surface area contributed by atoms with Crippen molar-refractivity contribution in [1.29, 1.82) is 0 Å². The fourth-order valence-electron chi connectivity index (χ4n) is 0.510. The molecule has 0 unspecified atom stereocenters. The van der Waals surface area contributed by atoms with Gasteiger partial charge in [0.2, 0.25) is 0 Å². The van der Waals surface area contributed by atoms with Crippen LogP contribution in [0.15, 0.2) is 0 Å². The second-order valence-corrected chi connectivity index (χ2v) is 1.32. The molecule has 0 aromatic heterocycles. The van der Waals surface area contributed by atoms with Gasteiger partial charge in [-0.3, -0.25) is 0 Å². The van der Waals surface area contributed by atoms with Crippen molar-refractivity contribution in [3.63, 3.8) is 0 Å². The molecule has 1 fully saturated rings. The predicted molar refractivity (Wildman–Crippen MR) is 30.9 cm³/mol.